The highest BCUT2D eigenvalue weighted by Gasteiger charge is 2.13. The Kier molecular flexibility index (Phi) is 2.61. The maximum atomic E-state index is 5.65. The highest BCUT2D eigenvalue weighted by molar-refractivity contribution is 6.29. The molecule has 0 aliphatic carbocycles. The van der Waals surface area contributed by atoms with E-state index in [1.165, 1.54) is 0 Å². The van der Waals surface area contributed by atoms with Gasteiger partial charge in [0, 0.05) is 0 Å². The minimum Gasteiger partial charge on any atom is -0.344 e. The molecule has 0 amide bonds. The van der Waals surface area contributed by atoms with Crippen molar-refractivity contribution in [3.05, 3.63) is 17.3 Å². The van der Waals surface area contributed by atoms with E-state index in [0.717, 1.165) is 32.0 Å². The van der Waals surface area contributed by atoms with Crippen LogP contribution >= 0.6 is 11.6 Å². The summed E-state index contributed by atoms with van der Waals surface area (Å²) in [6.45, 7) is 4.33. The number of piperazine rings is 1. The van der Waals surface area contributed by atoms with E-state index < -0.39 is 0 Å². The molecule has 0 atom stereocenters. The molecule has 0 aromatic carbocycles. The number of quaternary nitrogens is 1. The molecule has 13 heavy (non-hydrogen) atoms. The summed E-state index contributed by atoms with van der Waals surface area (Å²) in [7, 11) is 0. The number of nitrogens with two attached hydrogens (primary N) is 1. The number of rotatable bonds is 1. The second kappa shape index (κ2) is 3.89. The topological polar surface area (TPSA) is 45.6 Å². The lowest BCUT2D eigenvalue weighted by Gasteiger charge is -2.25. The Hall–Kier alpha value is -0.870. The summed E-state index contributed by atoms with van der Waals surface area (Å²) in [6, 6.07) is 3.70. The second-order valence-electron chi connectivity index (χ2n) is 3.07. The monoisotopic (exact) mass is 199 g/mol. The van der Waals surface area contributed by atoms with Gasteiger partial charge in [0.1, 0.15) is 0 Å². The first-order valence-electron chi connectivity index (χ1n) is 4.42. The zero-order valence-electron chi connectivity index (χ0n) is 7.28. The highest BCUT2D eigenvalue weighted by Crippen LogP contribution is 2.10. The Morgan fingerprint density at radius 1 is 1.23 bits per heavy atom. The molecule has 5 heteroatoms. The van der Waals surface area contributed by atoms with Gasteiger partial charge in [0.25, 0.3) is 0 Å². The molecular weight excluding hydrogens is 188 g/mol. The summed E-state index contributed by atoms with van der Waals surface area (Å²) in [5, 5.41) is 10.6. The fraction of sp³-hybridized carbons (Fsp3) is 0.500. The first-order chi connectivity index (χ1) is 6.36. The average Bonchev–Trinajstić information content (AvgIpc) is 2.20. The van der Waals surface area contributed by atoms with Crippen molar-refractivity contribution < 1.29 is 5.32 Å². The van der Waals surface area contributed by atoms with Crippen molar-refractivity contribution in [1.29, 1.82) is 0 Å². The Morgan fingerprint density at radius 3 is 2.62 bits per heavy atom. The quantitative estimate of drug-likeness (QED) is 0.664. The van der Waals surface area contributed by atoms with Gasteiger partial charge in [-0.05, 0) is 12.1 Å². The van der Waals surface area contributed by atoms with Gasteiger partial charge in [-0.25, -0.2) is 0 Å². The second-order valence-corrected chi connectivity index (χ2v) is 3.45. The summed E-state index contributed by atoms with van der Waals surface area (Å²) in [5.74, 6) is 0.928. The minimum atomic E-state index is 0.451. The molecule has 1 aromatic heterocycles. The van der Waals surface area contributed by atoms with Crippen LogP contribution in [0.5, 0.6) is 0 Å². The van der Waals surface area contributed by atoms with Gasteiger partial charge in [0.15, 0.2) is 11.0 Å². The van der Waals surface area contributed by atoms with Crippen LogP contribution in [0.4, 0.5) is 5.82 Å². The van der Waals surface area contributed by atoms with Gasteiger partial charge in [0.2, 0.25) is 0 Å². The van der Waals surface area contributed by atoms with Crippen LogP contribution in [-0.4, -0.2) is 36.4 Å². The van der Waals surface area contributed by atoms with Crippen LogP contribution in [0.15, 0.2) is 12.1 Å². The Morgan fingerprint density at radius 2 is 2.00 bits per heavy atom. The molecule has 1 saturated heterocycles. The van der Waals surface area contributed by atoms with Crippen molar-refractivity contribution in [3.63, 3.8) is 0 Å². The standard InChI is InChI=1S/C8H11ClN4/c9-7-1-2-8(12-11-7)13-5-3-10-4-6-13/h1-2,10H,3-6H2/p+1. The van der Waals surface area contributed by atoms with Crippen molar-refractivity contribution in [2.45, 2.75) is 0 Å². The maximum absolute atomic E-state index is 5.65. The van der Waals surface area contributed by atoms with Crippen LogP contribution in [-0.2, 0) is 0 Å². The van der Waals surface area contributed by atoms with Gasteiger partial charge in [-0.3, -0.25) is 0 Å². The average molecular weight is 200 g/mol. The summed E-state index contributed by atoms with van der Waals surface area (Å²) in [4.78, 5) is 2.23. The van der Waals surface area contributed by atoms with Crippen LogP contribution in [0.25, 0.3) is 0 Å². The minimum absolute atomic E-state index is 0.451. The van der Waals surface area contributed by atoms with Crippen molar-refractivity contribution in [2.24, 2.45) is 0 Å². The molecule has 1 aromatic rings. The summed E-state index contributed by atoms with van der Waals surface area (Å²) >= 11 is 5.65. The van der Waals surface area contributed by atoms with Gasteiger partial charge in [-0.15, -0.1) is 10.2 Å². The zero-order valence-corrected chi connectivity index (χ0v) is 8.04. The van der Waals surface area contributed by atoms with Crippen LogP contribution in [0.2, 0.25) is 5.15 Å². The lowest BCUT2D eigenvalue weighted by molar-refractivity contribution is -0.655. The summed E-state index contributed by atoms with van der Waals surface area (Å²) in [6.07, 6.45) is 0. The lowest BCUT2D eigenvalue weighted by Crippen LogP contribution is -2.89. The Bertz CT molecular complexity index is 268. The number of hydrogen-bond donors (Lipinski definition) is 1. The molecule has 0 unspecified atom stereocenters. The molecule has 2 N–H and O–H groups in total. The van der Waals surface area contributed by atoms with Crippen LogP contribution in [0.3, 0.4) is 0 Å². The third kappa shape index (κ3) is 2.08. The number of halogens is 1. The molecule has 1 aliphatic rings. The molecule has 2 heterocycles. The van der Waals surface area contributed by atoms with E-state index in [2.05, 4.69) is 20.4 Å². The molecule has 0 radical (unpaired) electrons. The molecule has 4 nitrogen and oxygen atoms in total. The lowest BCUT2D eigenvalue weighted by atomic mass is 10.3. The zero-order chi connectivity index (χ0) is 9.10. The number of anilines is 1. The van der Waals surface area contributed by atoms with Crippen molar-refractivity contribution in [2.75, 3.05) is 31.1 Å². The number of aromatic nitrogens is 2. The van der Waals surface area contributed by atoms with Gasteiger partial charge < -0.3 is 10.2 Å². The predicted molar refractivity (Wildman–Crippen MR) is 50.9 cm³/mol. The number of nitrogens with zero attached hydrogens (tertiary/aromatic N) is 3. The normalized spacial score (nSPS) is 17.5. The van der Waals surface area contributed by atoms with Crippen molar-refractivity contribution in [3.8, 4) is 0 Å². The van der Waals surface area contributed by atoms with Crippen LogP contribution < -0.4 is 10.2 Å². The van der Waals surface area contributed by atoms with Crippen LogP contribution in [0, 0.1) is 0 Å². The van der Waals surface area contributed by atoms with E-state index in [-0.39, 0.29) is 0 Å². The molecular formula is C8H12ClN4+. The molecule has 0 saturated carbocycles. The molecule has 1 aliphatic heterocycles. The van der Waals surface area contributed by atoms with Crippen LogP contribution in [0.1, 0.15) is 0 Å². The van der Waals surface area contributed by atoms with E-state index >= 15 is 0 Å². The smallest absolute Gasteiger partial charge is 0.151 e. The van der Waals surface area contributed by atoms with E-state index in [1.54, 1.807) is 6.07 Å². The molecule has 2 rings (SSSR count). The first-order valence-corrected chi connectivity index (χ1v) is 4.80. The third-order valence-corrected chi connectivity index (χ3v) is 2.35. The maximum Gasteiger partial charge on any atom is 0.151 e. The van der Waals surface area contributed by atoms with E-state index in [0.29, 0.717) is 5.15 Å². The van der Waals surface area contributed by atoms with Crippen molar-refractivity contribution in [1.82, 2.24) is 10.2 Å². The Balaban J connectivity index is 2.10. The first kappa shape index (κ1) is 8.72. The number of hydrogen-bond acceptors (Lipinski definition) is 3. The fourth-order valence-electron chi connectivity index (χ4n) is 1.46. The van der Waals surface area contributed by atoms with Gasteiger partial charge >= 0.3 is 0 Å². The highest BCUT2D eigenvalue weighted by atomic mass is 35.5. The largest absolute Gasteiger partial charge is 0.344 e. The molecule has 0 bridgehead atoms. The van der Waals surface area contributed by atoms with E-state index in [9.17, 15) is 0 Å². The van der Waals surface area contributed by atoms with Gasteiger partial charge in [-0.1, -0.05) is 11.6 Å². The molecule has 1 fully saturated rings. The Labute approximate surface area is 81.9 Å². The predicted octanol–water partition coefficient (Wildman–Crippen LogP) is -0.487. The van der Waals surface area contributed by atoms with Gasteiger partial charge in [0.05, 0.1) is 26.2 Å². The SMILES string of the molecule is Clc1ccc(N2CC[NH2+]CC2)nn1. The molecule has 70 valence electrons. The fourth-order valence-corrected chi connectivity index (χ4v) is 1.56. The van der Waals surface area contributed by atoms with E-state index in [1.807, 2.05) is 6.07 Å². The molecule has 0 spiro atoms. The third-order valence-electron chi connectivity index (χ3n) is 2.15. The summed E-state index contributed by atoms with van der Waals surface area (Å²) in [5.41, 5.74) is 0. The van der Waals surface area contributed by atoms with Gasteiger partial charge in [-0.2, -0.15) is 0 Å². The van der Waals surface area contributed by atoms with Crippen molar-refractivity contribution >= 4 is 17.4 Å². The summed E-state index contributed by atoms with van der Waals surface area (Å²) < 4.78 is 0. The van der Waals surface area contributed by atoms with E-state index in [4.69, 9.17) is 11.6 Å².